The van der Waals surface area contributed by atoms with E-state index in [0.717, 1.165) is 35.2 Å². The van der Waals surface area contributed by atoms with Gasteiger partial charge in [0.2, 0.25) is 0 Å². The van der Waals surface area contributed by atoms with Crippen LogP contribution in [0.15, 0.2) is 59.5 Å². The summed E-state index contributed by atoms with van der Waals surface area (Å²) in [7, 11) is 3.18. The summed E-state index contributed by atoms with van der Waals surface area (Å²) < 4.78 is 18.9. The molecule has 2 unspecified atom stereocenters. The first-order valence-electron chi connectivity index (χ1n) is 11.9. The predicted molar refractivity (Wildman–Crippen MR) is 135 cm³/mol. The third-order valence-corrected chi connectivity index (χ3v) is 6.34. The number of carbonyl (C=O) groups is 1. The Morgan fingerprint density at radius 1 is 1.14 bits per heavy atom. The van der Waals surface area contributed by atoms with Gasteiger partial charge in [0.25, 0.3) is 5.91 Å². The largest absolute Gasteiger partial charge is 0.493 e. The highest BCUT2D eigenvalue weighted by Crippen LogP contribution is 2.41. The number of hydrogen-bond donors (Lipinski definition) is 1. The number of rotatable bonds is 9. The first kappa shape index (κ1) is 24.5. The van der Waals surface area contributed by atoms with E-state index in [4.69, 9.17) is 14.2 Å². The van der Waals surface area contributed by atoms with Gasteiger partial charge in [-0.3, -0.25) is 9.59 Å². The molecule has 7 heteroatoms. The van der Waals surface area contributed by atoms with Crippen LogP contribution in [0.25, 0.3) is 11.3 Å². The fourth-order valence-electron chi connectivity index (χ4n) is 4.54. The molecule has 2 atom stereocenters. The number of ether oxygens (including phenoxy) is 3. The van der Waals surface area contributed by atoms with E-state index in [-0.39, 0.29) is 23.1 Å². The molecular formula is C28H32N2O5. The Labute approximate surface area is 205 Å². The minimum Gasteiger partial charge on any atom is -0.493 e. The van der Waals surface area contributed by atoms with Gasteiger partial charge in [0.15, 0.2) is 16.9 Å². The van der Waals surface area contributed by atoms with Gasteiger partial charge in [-0.15, -0.1) is 0 Å². The molecular weight excluding hydrogens is 444 g/mol. The summed E-state index contributed by atoms with van der Waals surface area (Å²) in [5.74, 6) is 0.880. The third-order valence-electron chi connectivity index (χ3n) is 6.34. The Morgan fingerprint density at radius 3 is 2.60 bits per heavy atom. The van der Waals surface area contributed by atoms with Crippen molar-refractivity contribution >= 4 is 5.91 Å². The van der Waals surface area contributed by atoms with Crippen LogP contribution >= 0.6 is 0 Å². The van der Waals surface area contributed by atoms with Crippen molar-refractivity contribution in [3.8, 4) is 22.8 Å². The van der Waals surface area contributed by atoms with Crippen molar-refractivity contribution in [2.24, 2.45) is 0 Å². The second kappa shape index (κ2) is 10.8. The number of benzene rings is 2. The van der Waals surface area contributed by atoms with Gasteiger partial charge in [0.1, 0.15) is 12.2 Å². The lowest BCUT2D eigenvalue weighted by Crippen LogP contribution is -2.38. The number of amides is 1. The van der Waals surface area contributed by atoms with Crippen LogP contribution in [0.4, 0.5) is 0 Å². The van der Waals surface area contributed by atoms with Crippen LogP contribution in [0.2, 0.25) is 0 Å². The van der Waals surface area contributed by atoms with E-state index in [2.05, 4.69) is 12.2 Å². The van der Waals surface area contributed by atoms with Crippen molar-refractivity contribution in [2.45, 2.75) is 45.4 Å². The predicted octanol–water partition coefficient (Wildman–Crippen LogP) is 4.37. The minimum absolute atomic E-state index is 0.108. The van der Waals surface area contributed by atoms with Crippen LogP contribution in [0.3, 0.4) is 0 Å². The van der Waals surface area contributed by atoms with Crippen molar-refractivity contribution in [1.29, 1.82) is 0 Å². The number of methoxy groups -OCH3 is 2. The van der Waals surface area contributed by atoms with E-state index >= 15 is 0 Å². The number of nitrogens with one attached hydrogen (secondary N) is 1. The molecule has 2 heterocycles. The Balaban J connectivity index is 1.70. The van der Waals surface area contributed by atoms with Crippen molar-refractivity contribution in [3.63, 3.8) is 0 Å². The van der Waals surface area contributed by atoms with E-state index in [1.54, 1.807) is 26.5 Å². The SMILES string of the molecule is CCC1Cc2cc(OCc3ccccc3)c(OC)cc2-c2cc(=O)c(C(=O)NC(C)COC)cn21. The van der Waals surface area contributed by atoms with Crippen molar-refractivity contribution in [3.05, 3.63) is 81.6 Å². The minimum atomic E-state index is -0.391. The van der Waals surface area contributed by atoms with Crippen LogP contribution in [-0.4, -0.2) is 37.3 Å². The molecule has 1 aliphatic heterocycles. The van der Waals surface area contributed by atoms with Crippen molar-refractivity contribution in [1.82, 2.24) is 9.88 Å². The maximum atomic E-state index is 13.0. The van der Waals surface area contributed by atoms with Crippen LogP contribution in [0.5, 0.6) is 11.5 Å². The molecule has 2 aromatic carbocycles. The fraction of sp³-hybridized carbons (Fsp3) is 0.357. The Morgan fingerprint density at radius 2 is 1.91 bits per heavy atom. The number of fused-ring (bicyclic) bond motifs is 3. The topological polar surface area (TPSA) is 78.8 Å². The molecule has 0 radical (unpaired) electrons. The van der Waals surface area contributed by atoms with Gasteiger partial charge in [-0.25, -0.2) is 0 Å². The fourth-order valence-corrected chi connectivity index (χ4v) is 4.54. The molecule has 184 valence electrons. The van der Waals surface area contributed by atoms with E-state index in [9.17, 15) is 9.59 Å². The van der Waals surface area contributed by atoms with E-state index in [0.29, 0.717) is 24.7 Å². The van der Waals surface area contributed by atoms with Gasteiger partial charge in [0, 0.05) is 37.0 Å². The molecule has 7 nitrogen and oxygen atoms in total. The zero-order valence-corrected chi connectivity index (χ0v) is 20.7. The first-order chi connectivity index (χ1) is 16.9. The van der Waals surface area contributed by atoms with Gasteiger partial charge in [-0.05, 0) is 43.0 Å². The lowest BCUT2D eigenvalue weighted by atomic mass is 9.90. The van der Waals surface area contributed by atoms with Gasteiger partial charge < -0.3 is 24.1 Å². The van der Waals surface area contributed by atoms with Crippen molar-refractivity contribution < 1.29 is 19.0 Å². The standard InChI is InChI=1S/C28H32N2O5/c1-5-21-11-20-12-27(35-17-19-9-7-6-8-10-19)26(34-4)13-22(20)24-14-25(31)23(15-30(21)24)28(32)29-18(2)16-33-3/h6-10,12-15,18,21H,5,11,16-17H2,1-4H3,(H,29,32). The normalized spacial score (nSPS) is 15.0. The molecule has 0 saturated carbocycles. The lowest BCUT2D eigenvalue weighted by molar-refractivity contribution is 0.0903. The number of aromatic nitrogens is 1. The second-order valence-electron chi connectivity index (χ2n) is 8.87. The maximum absolute atomic E-state index is 13.0. The molecule has 35 heavy (non-hydrogen) atoms. The molecule has 1 aliphatic rings. The highest BCUT2D eigenvalue weighted by Gasteiger charge is 2.27. The highest BCUT2D eigenvalue weighted by molar-refractivity contribution is 5.94. The summed E-state index contributed by atoms with van der Waals surface area (Å²) in [4.78, 5) is 25.8. The van der Waals surface area contributed by atoms with Gasteiger partial charge in [0.05, 0.1) is 19.4 Å². The average molecular weight is 477 g/mol. The van der Waals surface area contributed by atoms with Crippen LogP contribution in [-0.2, 0) is 17.8 Å². The lowest BCUT2D eigenvalue weighted by Gasteiger charge is -2.31. The molecule has 1 amide bonds. The molecule has 0 spiro atoms. The maximum Gasteiger partial charge on any atom is 0.257 e. The Bertz CT molecular complexity index is 1250. The molecule has 4 rings (SSSR count). The van der Waals surface area contributed by atoms with Crippen LogP contribution in [0.1, 0.15) is 47.8 Å². The highest BCUT2D eigenvalue weighted by atomic mass is 16.5. The van der Waals surface area contributed by atoms with Crippen LogP contribution < -0.4 is 20.2 Å². The zero-order valence-electron chi connectivity index (χ0n) is 20.7. The number of carbonyl (C=O) groups excluding carboxylic acids is 1. The average Bonchev–Trinajstić information content (AvgIpc) is 2.86. The number of nitrogens with zero attached hydrogens (tertiary/aromatic N) is 1. The van der Waals surface area contributed by atoms with Gasteiger partial charge in [-0.1, -0.05) is 37.3 Å². The van der Waals surface area contributed by atoms with E-state index in [1.165, 1.54) is 0 Å². The molecule has 1 aromatic heterocycles. The van der Waals surface area contributed by atoms with Gasteiger partial charge >= 0.3 is 0 Å². The Kier molecular flexibility index (Phi) is 7.56. The van der Waals surface area contributed by atoms with E-state index < -0.39 is 5.91 Å². The second-order valence-corrected chi connectivity index (χ2v) is 8.87. The summed E-state index contributed by atoms with van der Waals surface area (Å²) in [5, 5.41) is 2.84. The summed E-state index contributed by atoms with van der Waals surface area (Å²) >= 11 is 0. The summed E-state index contributed by atoms with van der Waals surface area (Å²) in [6, 6.07) is 15.4. The summed E-state index contributed by atoms with van der Waals surface area (Å²) in [6.07, 6.45) is 3.30. The first-order valence-corrected chi connectivity index (χ1v) is 11.9. The molecule has 0 fully saturated rings. The number of pyridine rings is 1. The molecule has 3 aromatic rings. The quantitative estimate of drug-likeness (QED) is 0.496. The number of hydrogen-bond acceptors (Lipinski definition) is 5. The molecule has 1 N–H and O–H groups in total. The van der Waals surface area contributed by atoms with Crippen LogP contribution in [0, 0.1) is 0 Å². The molecule has 0 bridgehead atoms. The monoisotopic (exact) mass is 476 g/mol. The molecule has 0 aliphatic carbocycles. The Hall–Kier alpha value is -3.58. The smallest absolute Gasteiger partial charge is 0.257 e. The summed E-state index contributed by atoms with van der Waals surface area (Å²) in [5.41, 5.74) is 3.66. The van der Waals surface area contributed by atoms with Gasteiger partial charge in [-0.2, -0.15) is 0 Å². The van der Waals surface area contributed by atoms with E-state index in [1.807, 2.05) is 54.0 Å². The third kappa shape index (κ3) is 5.25. The van der Waals surface area contributed by atoms with Crippen molar-refractivity contribution in [2.75, 3.05) is 20.8 Å². The summed E-state index contributed by atoms with van der Waals surface area (Å²) in [6.45, 7) is 4.75. The molecule has 0 saturated heterocycles. The zero-order chi connectivity index (χ0) is 24.9.